The number of rotatable bonds is 3. The molecule has 4 aromatic rings. The fraction of sp³-hybridized carbons (Fsp3) is 0.143. The Morgan fingerprint density at radius 1 is 0.393 bits per heavy atom. The van der Waals surface area contributed by atoms with Crippen LogP contribution in [0.25, 0.3) is 33.4 Å². The van der Waals surface area contributed by atoms with Crippen molar-refractivity contribution >= 4 is 0 Å². The van der Waals surface area contributed by atoms with Crippen molar-refractivity contribution in [1.82, 2.24) is 0 Å². The highest BCUT2D eigenvalue weighted by Gasteiger charge is 2.16. The smallest absolute Gasteiger partial charge is 0.00672 e. The van der Waals surface area contributed by atoms with Gasteiger partial charge in [-0.15, -0.1) is 0 Å². The van der Waals surface area contributed by atoms with Crippen molar-refractivity contribution < 1.29 is 0 Å². The zero-order valence-electron chi connectivity index (χ0n) is 17.1. The molecule has 0 nitrogen and oxygen atoms in total. The predicted octanol–water partition coefficient (Wildman–Crippen LogP) is 7.92. The molecule has 4 rings (SSSR count). The Kier molecular flexibility index (Phi) is 4.88. The molecular formula is C28H26. The topological polar surface area (TPSA) is 0 Å². The lowest BCUT2D eigenvalue weighted by Gasteiger charge is -2.19. The van der Waals surface area contributed by atoms with Crippen LogP contribution in [0.4, 0.5) is 0 Å². The minimum absolute atomic E-state index is 1.27. The third-order valence-electron chi connectivity index (χ3n) is 5.52. The fourth-order valence-electron chi connectivity index (χ4n) is 3.95. The highest BCUT2D eigenvalue weighted by atomic mass is 14.2. The van der Waals surface area contributed by atoms with Gasteiger partial charge in [0.05, 0.1) is 0 Å². The van der Waals surface area contributed by atoms with Gasteiger partial charge in [0.15, 0.2) is 0 Å². The third-order valence-corrected chi connectivity index (χ3v) is 5.52. The van der Waals surface area contributed by atoms with Gasteiger partial charge in [-0.25, -0.2) is 0 Å². The number of benzene rings is 4. The summed E-state index contributed by atoms with van der Waals surface area (Å²) in [4.78, 5) is 0. The van der Waals surface area contributed by atoms with Crippen LogP contribution in [0.3, 0.4) is 0 Å². The Hall–Kier alpha value is -3.12. The van der Waals surface area contributed by atoms with Crippen molar-refractivity contribution in [2.24, 2.45) is 0 Å². The minimum Gasteiger partial charge on any atom is -0.0613 e. The molecule has 0 spiro atoms. The van der Waals surface area contributed by atoms with E-state index >= 15 is 0 Å². The average molecular weight is 363 g/mol. The summed E-state index contributed by atoms with van der Waals surface area (Å²) in [6, 6.07) is 31.0. The van der Waals surface area contributed by atoms with Crippen LogP contribution in [0.2, 0.25) is 0 Å². The molecule has 0 bridgehead atoms. The van der Waals surface area contributed by atoms with Crippen molar-refractivity contribution in [3.63, 3.8) is 0 Å². The quantitative estimate of drug-likeness (QED) is 0.347. The van der Waals surface area contributed by atoms with Gasteiger partial charge in [-0.2, -0.15) is 0 Å². The van der Waals surface area contributed by atoms with Gasteiger partial charge in [-0.3, -0.25) is 0 Å². The van der Waals surface area contributed by atoms with E-state index in [4.69, 9.17) is 0 Å². The summed E-state index contributed by atoms with van der Waals surface area (Å²) in [6.45, 7) is 8.71. The van der Waals surface area contributed by atoms with E-state index in [1.54, 1.807) is 0 Å². The number of hydrogen-bond donors (Lipinski definition) is 0. The molecule has 0 heteroatoms. The maximum absolute atomic E-state index is 2.25. The van der Waals surface area contributed by atoms with Crippen molar-refractivity contribution in [3.05, 3.63) is 107 Å². The van der Waals surface area contributed by atoms with Gasteiger partial charge in [-0.05, 0) is 72.2 Å². The monoisotopic (exact) mass is 362 g/mol. The maximum atomic E-state index is 2.25. The van der Waals surface area contributed by atoms with Crippen molar-refractivity contribution in [3.8, 4) is 33.4 Å². The van der Waals surface area contributed by atoms with Gasteiger partial charge in [0.2, 0.25) is 0 Å². The molecule has 0 radical (unpaired) electrons. The van der Waals surface area contributed by atoms with Crippen molar-refractivity contribution in [2.45, 2.75) is 27.7 Å². The van der Waals surface area contributed by atoms with Crippen LogP contribution in [0, 0.1) is 27.7 Å². The van der Waals surface area contributed by atoms with E-state index < -0.39 is 0 Å². The molecule has 0 aliphatic carbocycles. The molecule has 138 valence electrons. The second kappa shape index (κ2) is 7.48. The fourth-order valence-corrected chi connectivity index (χ4v) is 3.95. The van der Waals surface area contributed by atoms with Gasteiger partial charge in [0, 0.05) is 0 Å². The van der Waals surface area contributed by atoms with Crippen LogP contribution < -0.4 is 0 Å². The molecule has 0 unspecified atom stereocenters. The summed E-state index contributed by atoms with van der Waals surface area (Å²) in [5.41, 5.74) is 13.0. The van der Waals surface area contributed by atoms with Crippen molar-refractivity contribution in [1.29, 1.82) is 0 Å². The van der Waals surface area contributed by atoms with Crippen LogP contribution in [0.1, 0.15) is 22.3 Å². The highest BCUT2D eigenvalue weighted by Crippen LogP contribution is 2.41. The Balaban J connectivity index is 2.00. The first kappa shape index (κ1) is 18.3. The molecule has 0 amide bonds. The van der Waals surface area contributed by atoms with E-state index in [0.29, 0.717) is 0 Å². The molecule has 0 aliphatic rings. The highest BCUT2D eigenvalue weighted by molar-refractivity contribution is 5.94. The van der Waals surface area contributed by atoms with Crippen LogP contribution in [0.5, 0.6) is 0 Å². The average Bonchev–Trinajstić information content (AvgIpc) is 2.69. The summed E-state index contributed by atoms with van der Waals surface area (Å²) < 4.78 is 0. The Labute approximate surface area is 168 Å². The SMILES string of the molecule is Cc1ccc(-c2cccc(C)c2-c2c(C)cccc2-c2ccc(C)cc2)cc1. The largest absolute Gasteiger partial charge is 0.0613 e. The summed E-state index contributed by atoms with van der Waals surface area (Å²) in [7, 11) is 0. The molecule has 0 saturated carbocycles. The Bertz CT molecular complexity index is 1020. The second-order valence-corrected chi connectivity index (χ2v) is 7.73. The van der Waals surface area contributed by atoms with Crippen LogP contribution in [0.15, 0.2) is 84.9 Å². The van der Waals surface area contributed by atoms with Gasteiger partial charge >= 0.3 is 0 Å². The first-order valence-electron chi connectivity index (χ1n) is 9.88. The van der Waals surface area contributed by atoms with Crippen LogP contribution in [-0.2, 0) is 0 Å². The lowest BCUT2D eigenvalue weighted by molar-refractivity contribution is 1.39. The molecule has 4 aromatic carbocycles. The molecule has 28 heavy (non-hydrogen) atoms. The molecule has 0 fully saturated rings. The third kappa shape index (κ3) is 3.39. The van der Waals surface area contributed by atoms with Gasteiger partial charge < -0.3 is 0 Å². The van der Waals surface area contributed by atoms with Gasteiger partial charge in [0.1, 0.15) is 0 Å². The van der Waals surface area contributed by atoms with E-state index in [9.17, 15) is 0 Å². The van der Waals surface area contributed by atoms with E-state index in [0.717, 1.165) is 0 Å². The molecular weight excluding hydrogens is 336 g/mol. The Morgan fingerprint density at radius 3 is 1.11 bits per heavy atom. The molecule has 0 aliphatic heterocycles. The minimum atomic E-state index is 1.27. The lowest BCUT2D eigenvalue weighted by atomic mass is 9.84. The first-order valence-corrected chi connectivity index (χ1v) is 9.88. The molecule has 0 heterocycles. The molecule has 0 N–H and O–H groups in total. The first-order chi connectivity index (χ1) is 13.5. The summed E-state index contributed by atoms with van der Waals surface area (Å²) >= 11 is 0. The molecule has 0 atom stereocenters. The summed E-state index contributed by atoms with van der Waals surface area (Å²) in [6.07, 6.45) is 0. The summed E-state index contributed by atoms with van der Waals surface area (Å²) in [5, 5.41) is 0. The standard InChI is InChI=1S/C28H26/c1-19-11-15-23(16-12-19)25-9-5-7-21(3)27(25)28-22(4)8-6-10-26(28)24-17-13-20(2)14-18-24/h5-18H,1-4H3. The predicted molar refractivity (Wildman–Crippen MR) is 122 cm³/mol. The number of hydrogen-bond acceptors (Lipinski definition) is 0. The van der Waals surface area contributed by atoms with E-state index in [1.165, 1.54) is 55.6 Å². The van der Waals surface area contributed by atoms with Crippen LogP contribution in [-0.4, -0.2) is 0 Å². The van der Waals surface area contributed by atoms with E-state index in [1.807, 2.05) is 0 Å². The molecule has 0 aromatic heterocycles. The Morgan fingerprint density at radius 2 is 0.750 bits per heavy atom. The van der Waals surface area contributed by atoms with E-state index in [2.05, 4.69) is 113 Å². The second-order valence-electron chi connectivity index (χ2n) is 7.73. The maximum Gasteiger partial charge on any atom is -0.00672 e. The van der Waals surface area contributed by atoms with Gasteiger partial charge in [-0.1, -0.05) is 96.1 Å². The zero-order valence-corrected chi connectivity index (χ0v) is 17.1. The summed E-state index contributed by atoms with van der Waals surface area (Å²) in [5.74, 6) is 0. The van der Waals surface area contributed by atoms with Gasteiger partial charge in [0.25, 0.3) is 0 Å². The normalized spacial score (nSPS) is 10.9. The molecule has 0 saturated heterocycles. The van der Waals surface area contributed by atoms with Crippen molar-refractivity contribution in [2.75, 3.05) is 0 Å². The van der Waals surface area contributed by atoms with E-state index in [-0.39, 0.29) is 0 Å². The zero-order chi connectivity index (χ0) is 19.7. The van der Waals surface area contributed by atoms with Crippen LogP contribution >= 0.6 is 0 Å². The lowest BCUT2D eigenvalue weighted by Crippen LogP contribution is -1.95. The number of aryl methyl sites for hydroxylation is 4.